The van der Waals surface area contributed by atoms with E-state index in [4.69, 9.17) is 0 Å². The number of hydrogen-bond acceptors (Lipinski definition) is 1. The molecule has 4 heteroatoms. The fraction of sp³-hybridized carbons (Fsp3) is 0. The van der Waals surface area contributed by atoms with Crippen LogP contribution in [0.15, 0.2) is 24.9 Å². The van der Waals surface area contributed by atoms with Gasteiger partial charge >= 0.3 is 12.1 Å². The molecule has 0 amide bonds. The maximum absolute atomic E-state index is 11.4. The number of halogens is 3. The van der Waals surface area contributed by atoms with Gasteiger partial charge in [-0.2, -0.15) is 13.2 Å². The van der Waals surface area contributed by atoms with Gasteiger partial charge in [-0.25, -0.2) is 0 Å². The normalized spacial score (nSPS) is 7.88. The first-order valence-corrected chi connectivity index (χ1v) is 1.67. The quantitative estimate of drug-likeness (QED) is 0.512. The van der Waals surface area contributed by atoms with Crippen molar-refractivity contribution < 1.29 is 17.9 Å². The summed E-state index contributed by atoms with van der Waals surface area (Å²) in [5.41, 5.74) is 0. The van der Waals surface area contributed by atoms with Gasteiger partial charge in [0.1, 0.15) is 0 Å². The smallest absolute Gasteiger partial charge is 0.344 e. The molecule has 0 saturated heterocycles. The summed E-state index contributed by atoms with van der Waals surface area (Å²) in [5.74, 6) is 0. The second-order valence-corrected chi connectivity index (χ2v) is 0.819. The van der Waals surface area contributed by atoms with Crippen LogP contribution in [0.25, 0.3) is 0 Å². The van der Waals surface area contributed by atoms with Gasteiger partial charge in [-0.1, -0.05) is 6.58 Å². The molecule has 0 spiro atoms. The third kappa shape index (κ3) is 2.28. The highest BCUT2D eigenvalue weighted by Crippen LogP contribution is 2.09. The van der Waals surface area contributed by atoms with Crippen molar-refractivity contribution in [2.75, 3.05) is 0 Å². The van der Waals surface area contributed by atoms with Gasteiger partial charge in [0.2, 0.25) is 0 Å². The van der Waals surface area contributed by atoms with E-state index in [1.54, 1.807) is 0 Å². The van der Waals surface area contributed by atoms with E-state index in [0.29, 0.717) is 6.26 Å². The maximum Gasteiger partial charge on any atom is 0.344 e. The summed E-state index contributed by atoms with van der Waals surface area (Å²) >= 11 is 0. The fourth-order valence-corrected chi connectivity index (χ4v) is 0.118. The third-order valence-corrected chi connectivity index (χ3v) is 0.335. The lowest BCUT2D eigenvalue weighted by atomic mass is 11.0. The molecule has 46 valence electrons. The van der Waals surface area contributed by atoms with Crippen LogP contribution in [0.1, 0.15) is 0 Å². The summed E-state index contributed by atoms with van der Waals surface area (Å²) in [6, 6.07) is -1.90. The first kappa shape index (κ1) is 7.07. The highest BCUT2D eigenvalue weighted by Gasteiger charge is 2.01. The lowest BCUT2D eigenvalue weighted by Gasteiger charge is -1.88. The standard InChI is InChI=1S/C4H3F3O/c1-2-8-4(7)3(5)6/h2H,1H2. The molecule has 0 saturated carbocycles. The average Bonchev–Trinajstić information content (AvgIpc) is 1.67. The van der Waals surface area contributed by atoms with Crippen molar-refractivity contribution in [3.8, 4) is 0 Å². The largest absolute Gasteiger partial charge is 0.436 e. The molecule has 0 aromatic carbocycles. The van der Waals surface area contributed by atoms with Gasteiger partial charge < -0.3 is 4.74 Å². The van der Waals surface area contributed by atoms with E-state index in [-0.39, 0.29) is 0 Å². The Morgan fingerprint density at radius 3 is 2.00 bits per heavy atom. The molecule has 0 atom stereocenters. The minimum Gasteiger partial charge on any atom is -0.436 e. The van der Waals surface area contributed by atoms with Gasteiger partial charge in [0.15, 0.2) is 0 Å². The SMILES string of the molecule is C=COC(F)=C(F)F. The van der Waals surface area contributed by atoms with Gasteiger partial charge in [-0.15, -0.1) is 0 Å². The van der Waals surface area contributed by atoms with E-state index in [0.717, 1.165) is 0 Å². The van der Waals surface area contributed by atoms with Gasteiger partial charge in [-0.3, -0.25) is 0 Å². The second-order valence-electron chi connectivity index (χ2n) is 0.819. The first-order chi connectivity index (χ1) is 3.68. The molecule has 0 aliphatic rings. The predicted molar refractivity (Wildman–Crippen MR) is 21.6 cm³/mol. The van der Waals surface area contributed by atoms with Crippen LogP contribution in [0.2, 0.25) is 0 Å². The summed E-state index contributed by atoms with van der Waals surface area (Å²) in [5, 5.41) is 0. The Bertz CT molecular complexity index is 114. The van der Waals surface area contributed by atoms with Crippen LogP contribution >= 0.6 is 0 Å². The van der Waals surface area contributed by atoms with Crippen molar-refractivity contribution in [3.63, 3.8) is 0 Å². The molecule has 0 radical (unpaired) electrons. The van der Waals surface area contributed by atoms with Crippen molar-refractivity contribution >= 4 is 0 Å². The van der Waals surface area contributed by atoms with Crippen molar-refractivity contribution in [2.45, 2.75) is 0 Å². The van der Waals surface area contributed by atoms with E-state index in [1.165, 1.54) is 0 Å². The predicted octanol–water partition coefficient (Wildman–Crippen LogP) is 2.18. The molecule has 8 heavy (non-hydrogen) atoms. The Kier molecular flexibility index (Phi) is 2.76. The molecule has 0 aliphatic carbocycles. The molecule has 0 aromatic heterocycles. The zero-order valence-corrected chi connectivity index (χ0v) is 3.83. The average molecular weight is 124 g/mol. The Morgan fingerprint density at radius 2 is 1.88 bits per heavy atom. The summed E-state index contributed by atoms with van der Waals surface area (Å²) in [7, 11) is 0. The summed E-state index contributed by atoms with van der Waals surface area (Å²) in [6.45, 7) is 2.85. The van der Waals surface area contributed by atoms with E-state index in [2.05, 4.69) is 11.3 Å². The van der Waals surface area contributed by atoms with E-state index < -0.39 is 12.1 Å². The van der Waals surface area contributed by atoms with E-state index >= 15 is 0 Å². The molecule has 0 heterocycles. The van der Waals surface area contributed by atoms with Crippen molar-refractivity contribution in [1.29, 1.82) is 0 Å². The molecule has 0 N–H and O–H groups in total. The molecule has 0 rings (SSSR count). The third-order valence-electron chi connectivity index (χ3n) is 0.335. The second kappa shape index (κ2) is 3.12. The fourth-order valence-electron chi connectivity index (χ4n) is 0.118. The lowest BCUT2D eigenvalue weighted by Crippen LogP contribution is -1.75. The zero-order valence-electron chi connectivity index (χ0n) is 3.83. The number of ether oxygens (including phenoxy) is 1. The molecule has 0 unspecified atom stereocenters. The van der Waals surface area contributed by atoms with Gasteiger partial charge in [-0.05, 0) is 0 Å². The van der Waals surface area contributed by atoms with Gasteiger partial charge in [0.05, 0.1) is 6.26 Å². The molecule has 0 aliphatic heterocycles. The van der Waals surface area contributed by atoms with Crippen LogP contribution in [0, 0.1) is 0 Å². The summed E-state index contributed by atoms with van der Waals surface area (Å²) in [4.78, 5) is 0. The monoisotopic (exact) mass is 124 g/mol. The van der Waals surface area contributed by atoms with Crippen LogP contribution in [-0.4, -0.2) is 0 Å². The highest BCUT2D eigenvalue weighted by atomic mass is 19.3. The molecular formula is C4H3F3O. The minimum atomic E-state index is -2.48. The van der Waals surface area contributed by atoms with Crippen molar-refractivity contribution in [2.24, 2.45) is 0 Å². The van der Waals surface area contributed by atoms with Crippen LogP contribution in [0.5, 0.6) is 0 Å². The molecule has 0 fully saturated rings. The summed E-state index contributed by atoms with van der Waals surface area (Å²) < 4.78 is 36.8. The molecule has 0 bridgehead atoms. The van der Waals surface area contributed by atoms with Gasteiger partial charge in [0.25, 0.3) is 0 Å². The molecule has 1 nitrogen and oxygen atoms in total. The Morgan fingerprint density at radius 1 is 1.38 bits per heavy atom. The Labute approximate surface area is 44.1 Å². The van der Waals surface area contributed by atoms with Gasteiger partial charge in [0, 0.05) is 0 Å². The Hall–Kier alpha value is -0.930. The minimum absolute atomic E-state index is 0.578. The van der Waals surface area contributed by atoms with E-state index in [9.17, 15) is 13.2 Å². The van der Waals surface area contributed by atoms with Crippen molar-refractivity contribution in [3.05, 3.63) is 24.9 Å². The lowest BCUT2D eigenvalue weighted by molar-refractivity contribution is 0.201. The first-order valence-electron chi connectivity index (χ1n) is 1.67. The Balaban J connectivity index is 3.79. The maximum atomic E-state index is 11.4. The van der Waals surface area contributed by atoms with Crippen LogP contribution in [0.4, 0.5) is 13.2 Å². The number of rotatable bonds is 2. The van der Waals surface area contributed by atoms with Crippen LogP contribution in [-0.2, 0) is 4.74 Å². The molecular weight excluding hydrogens is 121 g/mol. The highest BCUT2D eigenvalue weighted by molar-refractivity contribution is 4.82. The van der Waals surface area contributed by atoms with Crippen molar-refractivity contribution in [1.82, 2.24) is 0 Å². The van der Waals surface area contributed by atoms with Crippen LogP contribution in [0.3, 0.4) is 0 Å². The topological polar surface area (TPSA) is 9.23 Å². The zero-order chi connectivity index (χ0) is 6.57. The summed E-state index contributed by atoms with van der Waals surface area (Å²) in [6.07, 6.45) is -1.90. The van der Waals surface area contributed by atoms with Crippen LogP contribution < -0.4 is 0 Å². The number of hydrogen-bond donors (Lipinski definition) is 0. The van der Waals surface area contributed by atoms with E-state index in [1.807, 2.05) is 0 Å². The molecule has 0 aromatic rings.